The van der Waals surface area contributed by atoms with Crippen LogP contribution < -0.4 is 5.32 Å². The maximum absolute atomic E-state index is 11.0. The fraction of sp³-hybridized carbons (Fsp3) is 0.667. The Hall–Kier alpha value is -1.06. The minimum absolute atomic E-state index is 0.238. The molecule has 1 heterocycles. The van der Waals surface area contributed by atoms with Crippen LogP contribution in [0.5, 0.6) is 0 Å². The van der Waals surface area contributed by atoms with Gasteiger partial charge in [0, 0.05) is 7.05 Å². The first-order chi connectivity index (χ1) is 4.45. The van der Waals surface area contributed by atoms with Gasteiger partial charge in [-0.2, -0.15) is 0 Å². The Balaban J connectivity index is 2.92. The summed E-state index contributed by atoms with van der Waals surface area (Å²) >= 11 is 0. The molecule has 0 unspecified atom stereocenters. The van der Waals surface area contributed by atoms with Gasteiger partial charge in [-0.1, -0.05) is 0 Å². The normalized spacial score (nSPS) is 23.3. The van der Waals surface area contributed by atoms with E-state index in [0.717, 1.165) is 4.90 Å². The summed E-state index contributed by atoms with van der Waals surface area (Å²) in [6.07, 6.45) is 0. The summed E-state index contributed by atoms with van der Waals surface area (Å²) in [5.74, 6) is -0.238. The zero-order valence-corrected chi connectivity index (χ0v) is 6.21. The van der Waals surface area contributed by atoms with E-state index in [-0.39, 0.29) is 5.91 Å². The number of likely N-dealkylation sites (N-methyl/N-ethyl adjacent to an activating group) is 1. The van der Waals surface area contributed by atoms with Crippen molar-refractivity contribution in [3.63, 3.8) is 0 Å². The van der Waals surface area contributed by atoms with Crippen LogP contribution >= 0.6 is 0 Å². The van der Waals surface area contributed by atoms with E-state index >= 15 is 0 Å². The van der Waals surface area contributed by atoms with Crippen molar-refractivity contribution in [3.05, 3.63) is 0 Å². The maximum atomic E-state index is 11.0. The number of amides is 3. The summed E-state index contributed by atoms with van der Waals surface area (Å²) in [5.41, 5.74) is -0.841. The molecule has 1 radical (unpaired) electrons. The van der Waals surface area contributed by atoms with Crippen molar-refractivity contribution in [3.8, 4) is 0 Å². The molecule has 1 aliphatic rings. The molecule has 0 atom stereocenters. The molecular formula is C6H9N2O2. The van der Waals surface area contributed by atoms with Gasteiger partial charge in [-0.15, -0.1) is 0 Å². The highest BCUT2D eigenvalue weighted by Crippen LogP contribution is 2.15. The molecule has 1 saturated heterocycles. The lowest BCUT2D eigenvalue weighted by Gasteiger charge is -2.10. The van der Waals surface area contributed by atoms with Crippen molar-refractivity contribution >= 4 is 11.9 Å². The third-order valence-electron chi connectivity index (χ3n) is 1.49. The van der Waals surface area contributed by atoms with Crippen molar-refractivity contribution in [1.82, 2.24) is 10.2 Å². The highest BCUT2D eigenvalue weighted by atomic mass is 16.2. The fourth-order valence-electron chi connectivity index (χ4n) is 0.859. The van der Waals surface area contributed by atoms with Crippen LogP contribution in [0.15, 0.2) is 0 Å². The lowest BCUT2D eigenvalue weighted by molar-refractivity contribution is -0.129. The standard InChI is InChI=1S/C6H9N2O2/c1-6(2)4(9)8(3)5(10)7-6/h1-3H3. The van der Waals surface area contributed by atoms with E-state index < -0.39 is 11.6 Å². The molecule has 0 saturated carbocycles. The molecule has 0 aromatic heterocycles. The van der Waals surface area contributed by atoms with E-state index in [1.165, 1.54) is 7.05 Å². The van der Waals surface area contributed by atoms with E-state index in [4.69, 9.17) is 0 Å². The molecule has 10 heavy (non-hydrogen) atoms. The average Bonchev–Trinajstić information content (AvgIpc) is 1.95. The SMILES string of the molecule is CN1C(=O)[N]C(C)(C)C1=O. The second-order valence-electron chi connectivity index (χ2n) is 2.82. The summed E-state index contributed by atoms with van der Waals surface area (Å²) in [6.45, 7) is 3.24. The number of carbonyl (C=O) groups is 2. The van der Waals surface area contributed by atoms with Crippen LogP contribution in [0.4, 0.5) is 4.79 Å². The number of rotatable bonds is 0. The van der Waals surface area contributed by atoms with Gasteiger partial charge in [0.05, 0.1) is 0 Å². The molecule has 4 nitrogen and oxygen atoms in total. The summed E-state index contributed by atoms with van der Waals surface area (Å²) < 4.78 is 0. The minimum atomic E-state index is -0.841. The van der Waals surface area contributed by atoms with E-state index in [9.17, 15) is 9.59 Å². The first-order valence-electron chi connectivity index (χ1n) is 3.00. The molecule has 0 aromatic rings. The monoisotopic (exact) mass is 141 g/mol. The van der Waals surface area contributed by atoms with Gasteiger partial charge in [-0.05, 0) is 13.8 Å². The Kier molecular flexibility index (Phi) is 1.21. The van der Waals surface area contributed by atoms with Crippen LogP contribution in [0, 0.1) is 0 Å². The Labute approximate surface area is 59.2 Å². The summed E-state index contributed by atoms with van der Waals surface area (Å²) in [5, 5.41) is 3.62. The molecule has 0 aliphatic carbocycles. The van der Waals surface area contributed by atoms with Gasteiger partial charge in [-0.3, -0.25) is 9.69 Å². The topological polar surface area (TPSA) is 51.5 Å². The van der Waals surface area contributed by atoms with Crippen LogP contribution in [0.3, 0.4) is 0 Å². The summed E-state index contributed by atoms with van der Waals surface area (Å²) in [7, 11) is 1.43. The van der Waals surface area contributed by atoms with Crippen LogP contribution in [-0.4, -0.2) is 29.4 Å². The van der Waals surface area contributed by atoms with E-state index in [2.05, 4.69) is 5.32 Å². The summed E-state index contributed by atoms with van der Waals surface area (Å²) in [4.78, 5) is 22.8. The molecule has 1 aliphatic heterocycles. The van der Waals surface area contributed by atoms with Crippen LogP contribution in [0.25, 0.3) is 0 Å². The third kappa shape index (κ3) is 0.761. The smallest absolute Gasteiger partial charge is 0.272 e. The lowest BCUT2D eigenvalue weighted by atomic mass is 10.1. The molecule has 0 spiro atoms. The van der Waals surface area contributed by atoms with Gasteiger partial charge in [0.15, 0.2) is 0 Å². The summed E-state index contributed by atoms with van der Waals surface area (Å²) in [6, 6.07) is -0.449. The Morgan fingerprint density at radius 3 is 2.00 bits per heavy atom. The zero-order chi connectivity index (χ0) is 7.94. The van der Waals surface area contributed by atoms with E-state index in [1.54, 1.807) is 13.8 Å². The second-order valence-corrected chi connectivity index (χ2v) is 2.82. The zero-order valence-electron chi connectivity index (χ0n) is 6.21. The van der Waals surface area contributed by atoms with E-state index in [1.807, 2.05) is 0 Å². The predicted octanol–water partition coefficient (Wildman–Crippen LogP) is -0.0386. The minimum Gasteiger partial charge on any atom is -0.272 e. The van der Waals surface area contributed by atoms with Gasteiger partial charge in [-0.25, -0.2) is 10.1 Å². The van der Waals surface area contributed by atoms with Crippen LogP contribution in [0.2, 0.25) is 0 Å². The van der Waals surface area contributed by atoms with Crippen molar-refractivity contribution in [2.75, 3.05) is 7.05 Å². The Morgan fingerprint density at radius 1 is 1.40 bits per heavy atom. The maximum Gasteiger partial charge on any atom is 0.346 e. The Bertz CT molecular complexity index is 198. The number of urea groups is 1. The largest absolute Gasteiger partial charge is 0.346 e. The lowest BCUT2D eigenvalue weighted by Crippen LogP contribution is -2.36. The molecule has 0 aromatic carbocycles. The number of carbonyl (C=O) groups excluding carboxylic acids is 2. The number of hydrogen-bond acceptors (Lipinski definition) is 2. The van der Waals surface area contributed by atoms with Crippen molar-refractivity contribution in [2.45, 2.75) is 19.4 Å². The number of imide groups is 1. The highest BCUT2D eigenvalue weighted by molar-refractivity contribution is 6.05. The van der Waals surface area contributed by atoms with Crippen molar-refractivity contribution in [1.29, 1.82) is 0 Å². The first-order valence-corrected chi connectivity index (χ1v) is 3.00. The van der Waals surface area contributed by atoms with Crippen LogP contribution in [-0.2, 0) is 4.79 Å². The second kappa shape index (κ2) is 1.71. The molecule has 1 rings (SSSR count). The van der Waals surface area contributed by atoms with Crippen LogP contribution in [0.1, 0.15) is 13.8 Å². The number of hydrogen-bond donors (Lipinski definition) is 0. The molecule has 3 amide bonds. The molecule has 0 N–H and O–H groups in total. The molecule has 4 heteroatoms. The molecule has 55 valence electrons. The fourth-order valence-corrected chi connectivity index (χ4v) is 0.859. The van der Waals surface area contributed by atoms with E-state index in [0.29, 0.717) is 0 Å². The van der Waals surface area contributed by atoms with Gasteiger partial charge in [0.1, 0.15) is 5.54 Å². The van der Waals surface area contributed by atoms with Gasteiger partial charge in [0.25, 0.3) is 5.91 Å². The molecular weight excluding hydrogens is 132 g/mol. The first kappa shape index (κ1) is 7.05. The van der Waals surface area contributed by atoms with Gasteiger partial charge < -0.3 is 0 Å². The predicted molar refractivity (Wildman–Crippen MR) is 34.4 cm³/mol. The average molecular weight is 141 g/mol. The van der Waals surface area contributed by atoms with Crippen molar-refractivity contribution < 1.29 is 9.59 Å². The molecule has 1 fully saturated rings. The molecule has 0 bridgehead atoms. The highest BCUT2D eigenvalue weighted by Gasteiger charge is 2.44. The van der Waals surface area contributed by atoms with Gasteiger partial charge in [0.2, 0.25) is 0 Å². The van der Waals surface area contributed by atoms with Crippen molar-refractivity contribution in [2.24, 2.45) is 0 Å². The number of nitrogens with zero attached hydrogens (tertiary/aromatic N) is 2. The third-order valence-corrected chi connectivity index (χ3v) is 1.49. The van der Waals surface area contributed by atoms with Gasteiger partial charge >= 0.3 is 6.03 Å². The Morgan fingerprint density at radius 2 is 1.90 bits per heavy atom. The quantitative estimate of drug-likeness (QED) is 0.444.